The summed E-state index contributed by atoms with van der Waals surface area (Å²) >= 11 is 1.21. The molecule has 2 heterocycles. The van der Waals surface area contributed by atoms with E-state index in [9.17, 15) is 23.9 Å². The zero-order valence-electron chi connectivity index (χ0n) is 35.8. The van der Waals surface area contributed by atoms with Crippen LogP contribution in [0.25, 0.3) is 11.1 Å². The van der Waals surface area contributed by atoms with E-state index in [0.29, 0.717) is 58.3 Å². The number of aliphatic carboxylic acids is 1. The molecular weight excluding hydrogens is 793 g/mol. The number of carbonyl (C=O) groups is 3. The molecular formula is C46H65F2N3O8S. The lowest BCUT2D eigenvalue weighted by atomic mass is 9.82. The Bertz CT molecular complexity index is 1750. The Morgan fingerprint density at radius 2 is 1.60 bits per heavy atom. The molecule has 1 amide bonds. The highest BCUT2D eigenvalue weighted by molar-refractivity contribution is 7.99. The smallest absolute Gasteiger partial charge is 0.307 e. The first-order valence-electron chi connectivity index (χ1n) is 21.2. The third kappa shape index (κ3) is 16.7. The molecule has 11 nitrogen and oxygen atoms in total. The molecule has 0 radical (unpaired) electrons. The number of thioether (sulfide) groups is 1. The largest absolute Gasteiger partial charge is 0.481 e. The second kappa shape index (κ2) is 26.0. The molecule has 14 heteroatoms. The lowest BCUT2D eigenvalue weighted by Gasteiger charge is -2.42. The molecule has 1 unspecified atom stereocenters. The molecule has 3 aromatic rings. The summed E-state index contributed by atoms with van der Waals surface area (Å²) < 4.78 is 53.6. The predicted octanol–water partition coefficient (Wildman–Crippen LogP) is 7.66. The number of carbonyl (C=O) groups excluding carboxylic acids is 2. The van der Waals surface area contributed by atoms with Gasteiger partial charge in [-0.25, -0.2) is 8.78 Å². The molecule has 1 fully saturated rings. The van der Waals surface area contributed by atoms with Gasteiger partial charge in [0.2, 0.25) is 5.91 Å². The average Bonchev–Trinajstić information content (AvgIpc) is 3.88. The molecule has 4 rings (SSSR count). The number of ether oxygens (including phenoxy) is 4. The highest BCUT2D eigenvalue weighted by Gasteiger charge is 2.39. The maximum absolute atomic E-state index is 15.2. The summed E-state index contributed by atoms with van der Waals surface area (Å²) in [6.07, 6.45) is 4.77. The molecule has 1 aliphatic rings. The zero-order chi connectivity index (χ0) is 43.3. The van der Waals surface area contributed by atoms with Gasteiger partial charge in [-0.2, -0.15) is 11.8 Å². The van der Waals surface area contributed by atoms with Gasteiger partial charge in [0, 0.05) is 61.3 Å². The number of benzene rings is 2. The summed E-state index contributed by atoms with van der Waals surface area (Å²) in [5, 5.41) is 13.4. The SMILES string of the molecule is CCCCOCCOCCOCCOCCC(=O)C[C@@H](CSCC(=O)N(CC1CCNC1)[C@@H](c1cc(-c2cc(F)ccc2F)cn1Cc1ccccc1)C(C)(C)C)C(=O)O. The van der Waals surface area contributed by atoms with Crippen molar-refractivity contribution in [3.05, 3.63) is 83.7 Å². The van der Waals surface area contributed by atoms with Crippen molar-refractivity contribution < 1.29 is 47.2 Å². The molecule has 1 aromatic heterocycles. The number of hydrogen-bond donors (Lipinski definition) is 2. The van der Waals surface area contributed by atoms with Crippen LogP contribution in [0.4, 0.5) is 8.78 Å². The van der Waals surface area contributed by atoms with E-state index in [4.69, 9.17) is 18.9 Å². The van der Waals surface area contributed by atoms with Crippen LogP contribution in [0.1, 0.15) is 77.1 Å². The number of aromatic nitrogens is 1. The van der Waals surface area contributed by atoms with Gasteiger partial charge in [-0.15, -0.1) is 0 Å². The fraction of sp³-hybridized carbons (Fsp3) is 0.587. The Morgan fingerprint density at radius 1 is 0.933 bits per heavy atom. The number of Topliss-reactive ketones (excluding diaryl/α,β-unsaturated/α-hetero) is 1. The van der Waals surface area contributed by atoms with Gasteiger partial charge in [0.1, 0.15) is 17.4 Å². The summed E-state index contributed by atoms with van der Waals surface area (Å²) in [5.41, 5.74) is 1.93. The number of rotatable bonds is 29. The molecule has 0 bridgehead atoms. The van der Waals surface area contributed by atoms with Crippen LogP contribution < -0.4 is 5.32 Å². The molecule has 3 atom stereocenters. The lowest BCUT2D eigenvalue weighted by molar-refractivity contribution is -0.143. The number of amides is 1. The van der Waals surface area contributed by atoms with Gasteiger partial charge in [0.25, 0.3) is 0 Å². The highest BCUT2D eigenvalue weighted by Crippen LogP contribution is 2.42. The summed E-state index contributed by atoms with van der Waals surface area (Å²) in [4.78, 5) is 41.4. The van der Waals surface area contributed by atoms with E-state index in [0.717, 1.165) is 62.3 Å². The first kappa shape index (κ1) is 49.0. The molecule has 1 aliphatic heterocycles. The molecule has 0 aliphatic carbocycles. The lowest BCUT2D eigenvalue weighted by Crippen LogP contribution is -2.45. The van der Waals surface area contributed by atoms with Crippen molar-refractivity contribution in [3.63, 3.8) is 0 Å². The fourth-order valence-corrected chi connectivity index (χ4v) is 8.27. The van der Waals surface area contributed by atoms with Crippen molar-refractivity contribution in [2.24, 2.45) is 17.3 Å². The van der Waals surface area contributed by atoms with Crippen molar-refractivity contribution in [2.45, 2.75) is 72.4 Å². The number of hydrogen-bond acceptors (Lipinski definition) is 9. The summed E-state index contributed by atoms with van der Waals surface area (Å²) in [6.45, 7) is 14.3. The predicted molar refractivity (Wildman–Crippen MR) is 231 cm³/mol. The van der Waals surface area contributed by atoms with Crippen LogP contribution in [-0.2, 0) is 39.9 Å². The summed E-state index contributed by atoms with van der Waals surface area (Å²) in [6, 6.07) is 14.6. The number of halogens is 2. The summed E-state index contributed by atoms with van der Waals surface area (Å²) in [7, 11) is 0. The van der Waals surface area contributed by atoms with Gasteiger partial charge in [0.15, 0.2) is 0 Å². The van der Waals surface area contributed by atoms with E-state index in [2.05, 4.69) is 33.0 Å². The number of carboxylic acids is 1. The Labute approximate surface area is 358 Å². The minimum Gasteiger partial charge on any atom is -0.481 e. The molecule has 0 spiro atoms. The second-order valence-electron chi connectivity index (χ2n) is 16.4. The number of carboxylic acid groups (broad SMARTS) is 1. The van der Waals surface area contributed by atoms with Gasteiger partial charge in [0.05, 0.1) is 64.0 Å². The topological polar surface area (TPSA) is 129 Å². The van der Waals surface area contributed by atoms with Crippen LogP contribution in [0, 0.1) is 28.9 Å². The second-order valence-corrected chi connectivity index (χ2v) is 17.4. The van der Waals surface area contributed by atoms with E-state index in [1.165, 1.54) is 17.8 Å². The monoisotopic (exact) mass is 857 g/mol. The van der Waals surface area contributed by atoms with Crippen LogP contribution in [-0.4, -0.2) is 116 Å². The minimum atomic E-state index is -1.09. The number of unbranched alkanes of at least 4 members (excludes halogenated alkanes) is 1. The third-order valence-corrected chi connectivity index (χ3v) is 11.5. The number of ketones is 1. The van der Waals surface area contributed by atoms with Crippen molar-refractivity contribution >= 4 is 29.4 Å². The molecule has 1 saturated heterocycles. The Hall–Kier alpha value is -3.66. The third-order valence-electron chi connectivity index (χ3n) is 10.4. The van der Waals surface area contributed by atoms with Gasteiger partial charge in [-0.05, 0) is 67.1 Å². The molecule has 60 heavy (non-hydrogen) atoms. The molecule has 2 N–H and O–H groups in total. The molecule has 0 saturated carbocycles. The highest BCUT2D eigenvalue weighted by atomic mass is 32.2. The van der Waals surface area contributed by atoms with Crippen molar-refractivity contribution in [3.8, 4) is 11.1 Å². The van der Waals surface area contributed by atoms with Crippen molar-refractivity contribution in [1.82, 2.24) is 14.8 Å². The Balaban J connectivity index is 1.38. The first-order valence-corrected chi connectivity index (χ1v) is 22.4. The fourth-order valence-electron chi connectivity index (χ4n) is 7.27. The van der Waals surface area contributed by atoms with E-state index in [1.54, 1.807) is 0 Å². The van der Waals surface area contributed by atoms with Gasteiger partial charge in [-0.3, -0.25) is 14.4 Å². The average molecular weight is 858 g/mol. The normalized spacial score (nSPS) is 15.3. The quantitative estimate of drug-likeness (QED) is 0.0672. The summed E-state index contributed by atoms with van der Waals surface area (Å²) in [5.74, 6) is -3.25. The van der Waals surface area contributed by atoms with Gasteiger partial charge >= 0.3 is 5.97 Å². The first-order chi connectivity index (χ1) is 28.9. The van der Waals surface area contributed by atoms with E-state index >= 15 is 4.39 Å². The van der Waals surface area contributed by atoms with E-state index in [1.807, 2.05) is 52.1 Å². The van der Waals surface area contributed by atoms with Crippen LogP contribution in [0.2, 0.25) is 0 Å². The Kier molecular flexibility index (Phi) is 21.2. The van der Waals surface area contributed by atoms with Crippen molar-refractivity contribution in [2.75, 3.05) is 84.0 Å². The maximum Gasteiger partial charge on any atom is 0.307 e. The standard InChI is InChI=1S/C46H65F2N3O8S/c1-5-6-17-56-19-21-58-23-24-59-22-20-57-18-15-39(52)25-37(45(54)55)32-60-33-43(53)51(30-35-14-16-49-28-35)44(46(2,3)4)42-26-36(40-27-38(47)12-13-41(40)48)31-50(42)29-34-10-8-7-9-11-34/h7-13,26-27,31,35,37,44,49H,5-6,14-25,28-30,32-33H2,1-4H3,(H,54,55)/t35?,37-,44-/m0/s1. The van der Waals surface area contributed by atoms with Crippen LogP contribution >= 0.6 is 11.8 Å². The number of nitrogens with zero attached hydrogens (tertiary/aromatic N) is 2. The number of nitrogens with one attached hydrogen (secondary N) is 1. The molecule has 332 valence electrons. The minimum absolute atomic E-state index is 0.0103. The van der Waals surface area contributed by atoms with E-state index < -0.39 is 35.0 Å². The van der Waals surface area contributed by atoms with Crippen LogP contribution in [0.5, 0.6) is 0 Å². The zero-order valence-corrected chi connectivity index (χ0v) is 36.6. The van der Waals surface area contributed by atoms with E-state index in [-0.39, 0.29) is 54.1 Å². The van der Waals surface area contributed by atoms with Gasteiger partial charge < -0.3 is 38.8 Å². The van der Waals surface area contributed by atoms with Crippen LogP contribution in [0.15, 0.2) is 60.8 Å². The van der Waals surface area contributed by atoms with Crippen LogP contribution in [0.3, 0.4) is 0 Å². The van der Waals surface area contributed by atoms with Crippen molar-refractivity contribution in [1.29, 1.82) is 0 Å². The van der Waals surface area contributed by atoms with Gasteiger partial charge in [-0.1, -0.05) is 64.4 Å². The molecule has 2 aromatic carbocycles. The maximum atomic E-state index is 15.2. The Morgan fingerprint density at radius 3 is 2.22 bits per heavy atom.